The van der Waals surface area contributed by atoms with Gasteiger partial charge in [-0.25, -0.2) is 8.42 Å². The average Bonchev–Trinajstić information content (AvgIpc) is 2.85. The molecule has 0 spiro atoms. The number of benzene rings is 2. The van der Waals surface area contributed by atoms with Crippen molar-refractivity contribution in [1.82, 2.24) is 10.2 Å². The van der Waals surface area contributed by atoms with Crippen molar-refractivity contribution in [1.29, 1.82) is 0 Å². The minimum atomic E-state index is -3.95. The number of ether oxygens (including phenoxy) is 1. The summed E-state index contributed by atoms with van der Waals surface area (Å²) in [6, 6.07) is 14.1. The lowest BCUT2D eigenvalue weighted by Gasteiger charge is -2.35. The largest absolute Gasteiger partial charge is 0.496 e. The summed E-state index contributed by atoms with van der Waals surface area (Å²) in [4.78, 5) is 15.4. The maximum atomic E-state index is 13.5. The van der Waals surface area contributed by atoms with E-state index in [-0.39, 0.29) is 17.3 Å². The third-order valence-corrected chi connectivity index (χ3v) is 8.22. The van der Waals surface area contributed by atoms with Gasteiger partial charge in [0.15, 0.2) is 0 Å². The van der Waals surface area contributed by atoms with Crippen molar-refractivity contribution in [2.24, 2.45) is 0 Å². The van der Waals surface area contributed by atoms with Gasteiger partial charge in [-0.15, -0.1) is 0 Å². The average molecular weight is 488 g/mol. The molecule has 34 heavy (non-hydrogen) atoms. The van der Waals surface area contributed by atoms with Gasteiger partial charge in [-0.05, 0) is 75.0 Å². The van der Waals surface area contributed by atoms with Crippen LogP contribution in [0.1, 0.15) is 44.6 Å². The summed E-state index contributed by atoms with van der Waals surface area (Å²) >= 11 is 0. The van der Waals surface area contributed by atoms with E-state index in [1.165, 1.54) is 29.6 Å². The summed E-state index contributed by atoms with van der Waals surface area (Å²) in [6.45, 7) is 6.34. The number of sulfonamides is 1. The first-order chi connectivity index (χ1) is 16.4. The SMILES string of the molecule is CCC1CCCCN1CCCNC(=O)CN(c1ccccc1)S(=O)(=O)c1ccc(OC)c(C)c1. The number of nitrogens with one attached hydrogen (secondary N) is 1. The Morgan fingerprint density at radius 1 is 1.18 bits per heavy atom. The van der Waals surface area contributed by atoms with Gasteiger partial charge in [0.1, 0.15) is 12.3 Å². The molecule has 2 aromatic carbocycles. The van der Waals surface area contributed by atoms with Gasteiger partial charge in [0, 0.05) is 19.1 Å². The predicted octanol–water partition coefficient (Wildman–Crippen LogP) is 3.97. The van der Waals surface area contributed by atoms with E-state index in [4.69, 9.17) is 4.74 Å². The maximum Gasteiger partial charge on any atom is 0.264 e. The summed E-state index contributed by atoms with van der Waals surface area (Å²) in [6.07, 6.45) is 5.78. The number of carbonyl (C=O) groups excluding carboxylic acids is 1. The standard InChI is InChI=1S/C26H37N3O4S/c1-4-22-11-8-9-17-28(22)18-10-16-27-26(30)20-29(23-12-6-5-7-13-23)34(31,32)24-14-15-25(33-3)21(2)19-24/h5-7,12-15,19,22H,4,8-11,16-18,20H2,1-3H3,(H,27,30). The van der Waals surface area contributed by atoms with Gasteiger partial charge in [-0.2, -0.15) is 0 Å². The normalized spacial score (nSPS) is 16.7. The van der Waals surface area contributed by atoms with Crippen molar-refractivity contribution >= 4 is 21.6 Å². The minimum absolute atomic E-state index is 0.123. The second-order valence-corrected chi connectivity index (χ2v) is 10.6. The first-order valence-corrected chi connectivity index (χ1v) is 13.5. The van der Waals surface area contributed by atoms with Crippen LogP contribution in [0.3, 0.4) is 0 Å². The molecule has 8 heteroatoms. The Bertz CT molecular complexity index is 1040. The van der Waals surface area contributed by atoms with E-state index in [0.29, 0.717) is 29.6 Å². The fraction of sp³-hybridized carbons (Fsp3) is 0.500. The molecule has 1 unspecified atom stereocenters. The van der Waals surface area contributed by atoms with Crippen LogP contribution >= 0.6 is 0 Å². The molecule has 0 bridgehead atoms. The molecule has 0 saturated carbocycles. The third kappa shape index (κ3) is 6.51. The second kappa shape index (κ2) is 12.2. The highest BCUT2D eigenvalue weighted by Gasteiger charge is 2.28. The highest BCUT2D eigenvalue weighted by atomic mass is 32.2. The van der Waals surface area contributed by atoms with Crippen LogP contribution in [0.5, 0.6) is 5.75 Å². The maximum absolute atomic E-state index is 13.5. The summed E-state index contributed by atoms with van der Waals surface area (Å²) in [7, 11) is -2.40. The van der Waals surface area contributed by atoms with Gasteiger partial charge < -0.3 is 15.0 Å². The van der Waals surface area contributed by atoms with E-state index in [1.807, 2.05) is 6.07 Å². The van der Waals surface area contributed by atoms with Gasteiger partial charge in [0.05, 0.1) is 17.7 Å². The molecular formula is C26H37N3O4S. The van der Waals surface area contributed by atoms with Crippen LogP contribution in [-0.4, -0.2) is 58.6 Å². The molecule has 1 saturated heterocycles. The fourth-order valence-corrected chi connectivity index (χ4v) is 6.07. The number of anilines is 1. The number of amides is 1. The molecular weight excluding hydrogens is 450 g/mol. The number of nitrogens with zero attached hydrogens (tertiary/aromatic N) is 2. The van der Waals surface area contributed by atoms with Gasteiger partial charge >= 0.3 is 0 Å². The fourth-order valence-electron chi connectivity index (χ4n) is 4.56. The molecule has 3 rings (SSSR count). The molecule has 2 aromatic rings. The summed E-state index contributed by atoms with van der Waals surface area (Å²) in [5.74, 6) is 0.297. The van der Waals surface area contributed by atoms with E-state index < -0.39 is 10.0 Å². The molecule has 0 aliphatic carbocycles. The zero-order valence-corrected chi connectivity index (χ0v) is 21.3. The van der Waals surface area contributed by atoms with E-state index in [0.717, 1.165) is 25.9 Å². The van der Waals surface area contributed by atoms with E-state index >= 15 is 0 Å². The summed E-state index contributed by atoms with van der Waals surface area (Å²) in [5.41, 5.74) is 1.16. The number of carbonyl (C=O) groups is 1. The number of rotatable bonds is 11. The summed E-state index contributed by atoms with van der Waals surface area (Å²) < 4.78 is 33.5. The number of methoxy groups -OCH3 is 1. The zero-order chi connectivity index (χ0) is 24.6. The molecule has 1 fully saturated rings. The van der Waals surface area contributed by atoms with Crippen molar-refractivity contribution in [2.75, 3.05) is 37.6 Å². The third-order valence-electron chi connectivity index (χ3n) is 6.45. The van der Waals surface area contributed by atoms with Crippen LogP contribution in [0.2, 0.25) is 0 Å². The number of hydrogen-bond donors (Lipinski definition) is 1. The smallest absolute Gasteiger partial charge is 0.264 e. The molecule has 1 aliphatic heterocycles. The Morgan fingerprint density at radius 3 is 2.62 bits per heavy atom. The van der Waals surface area contributed by atoms with Gasteiger partial charge in [-0.1, -0.05) is 31.5 Å². The Labute approximate surface area is 204 Å². The molecule has 1 aliphatic rings. The lowest BCUT2D eigenvalue weighted by molar-refractivity contribution is -0.119. The highest BCUT2D eigenvalue weighted by Crippen LogP contribution is 2.27. The molecule has 0 aromatic heterocycles. The van der Waals surface area contributed by atoms with Gasteiger partial charge in [0.2, 0.25) is 5.91 Å². The predicted molar refractivity (Wildman–Crippen MR) is 136 cm³/mol. The van der Waals surface area contributed by atoms with E-state index in [2.05, 4.69) is 17.1 Å². The Kier molecular flexibility index (Phi) is 9.36. The van der Waals surface area contributed by atoms with E-state index in [1.54, 1.807) is 50.4 Å². The molecule has 1 heterocycles. The van der Waals surface area contributed by atoms with E-state index in [9.17, 15) is 13.2 Å². The van der Waals surface area contributed by atoms with Crippen LogP contribution in [0.4, 0.5) is 5.69 Å². The summed E-state index contributed by atoms with van der Waals surface area (Å²) in [5, 5.41) is 2.92. The molecule has 1 amide bonds. The monoisotopic (exact) mass is 487 g/mol. The molecule has 186 valence electrons. The zero-order valence-electron chi connectivity index (χ0n) is 20.5. The lowest BCUT2D eigenvalue weighted by atomic mass is 10.00. The van der Waals surface area contributed by atoms with Crippen LogP contribution in [-0.2, 0) is 14.8 Å². The number of para-hydroxylation sites is 1. The minimum Gasteiger partial charge on any atom is -0.496 e. The molecule has 1 N–H and O–H groups in total. The quantitative estimate of drug-likeness (QED) is 0.485. The first-order valence-electron chi connectivity index (χ1n) is 12.1. The van der Waals surface area contributed by atoms with Crippen molar-refractivity contribution < 1.29 is 17.9 Å². The lowest BCUT2D eigenvalue weighted by Crippen LogP contribution is -2.43. The van der Waals surface area contributed by atoms with Crippen molar-refractivity contribution in [3.63, 3.8) is 0 Å². The van der Waals surface area contributed by atoms with Crippen molar-refractivity contribution in [3.05, 3.63) is 54.1 Å². The number of piperidine rings is 1. The Morgan fingerprint density at radius 2 is 1.94 bits per heavy atom. The Hall–Kier alpha value is -2.58. The van der Waals surface area contributed by atoms with Crippen LogP contribution in [0.25, 0.3) is 0 Å². The number of hydrogen-bond acceptors (Lipinski definition) is 5. The molecule has 1 atom stereocenters. The van der Waals surface area contributed by atoms with Crippen LogP contribution in [0, 0.1) is 6.92 Å². The number of aryl methyl sites for hydroxylation is 1. The molecule has 0 radical (unpaired) electrons. The van der Waals surface area contributed by atoms with Crippen molar-refractivity contribution in [2.45, 2.75) is 56.9 Å². The van der Waals surface area contributed by atoms with Gasteiger partial charge in [0.25, 0.3) is 10.0 Å². The van der Waals surface area contributed by atoms with Gasteiger partial charge in [-0.3, -0.25) is 9.10 Å². The Balaban J connectivity index is 1.67. The second-order valence-electron chi connectivity index (χ2n) is 8.78. The first kappa shape index (κ1) is 26.0. The molecule has 7 nitrogen and oxygen atoms in total. The van der Waals surface area contributed by atoms with Crippen LogP contribution < -0.4 is 14.4 Å². The highest BCUT2D eigenvalue weighted by molar-refractivity contribution is 7.92. The number of likely N-dealkylation sites (tertiary alicyclic amines) is 1. The van der Waals surface area contributed by atoms with Crippen molar-refractivity contribution in [3.8, 4) is 5.75 Å². The topological polar surface area (TPSA) is 79.0 Å². The van der Waals surface area contributed by atoms with Crippen LogP contribution in [0.15, 0.2) is 53.4 Å².